The molecule has 1 heterocycles. The van der Waals surface area contributed by atoms with Gasteiger partial charge in [-0.05, 0) is 18.2 Å². The van der Waals surface area contributed by atoms with Gasteiger partial charge in [0.1, 0.15) is 10.6 Å². The number of rotatable bonds is 5. The zero-order chi connectivity index (χ0) is 15.5. The molecule has 0 aliphatic rings. The Balaban J connectivity index is 2.37. The molecular formula is C13H14ClN3O3S. The number of halogens is 1. The summed E-state index contributed by atoms with van der Waals surface area (Å²) in [7, 11) is -0.671. The fraction of sp³-hybridized carbons (Fsp3) is 0.154. The van der Waals surface area contributed by atoms with Gasteiger partial charge in [-0.1, -0.05) is 11.6 Å². The van der Waals surface area contributed by atoms with Crippen molar-refractivity contribution in [2.75, 3.05) is 24.2 Å². The largest absolute Gasteiger partial charge is 0.495 e. The van der Waals surface area contributed by atoms with Crippen molar-refractivity contribution < 1.29 is 13.2 Å². The molecule has 1 aromatic heterocycles. The van der Waals surface area contributed by atoms with Crippen molar-refractivity contribution in [3.05, 3.63) is 41.7 Å². The molecule has 112 valence electrons. The van der Waals surface area contributed by atoms with Crippen molar-refractivity contribution in [2.45, 2.75) is 4.90 Å². The van der Waals surface area contributed by atoms with Crippen LogP contribution in [-0.2, 0) is 10.0 Å². The quantitative estimate of drug-likeness (QED) is 0.882. The van der Waals surface area contributed by atoms with Gasteiger partial charge in [0.2, 0.25) is 0 Å². The molecule has 8 heteroatoms. The minimum absolute atomic E-state index is 0.0569. The van der Waals surface area contributed by atoms with Crippen LogP contribution in [0.4, 0.5) is 11.4 Å². The lowest BCUT2D eigenvalue weighted by molar-refractivity contribution is 0.415. The average Bonchev–Trinajstić information content (AvgIpc) is 2.49. The van der Waals surface area contributed by atoms with Crippen LogP contribution in [0.15, 0.2) is 41.6 Å². The van der Waals surface area contributed by atoms with Crippen molar-refractivity contribution >= 4 is 33.0 Å². The zero-order valence-corrected chi connectivity index (χ0v) is 13.0. The first-order valence-electron chi connectivity index (χ1n) is 5.96. The Morgan fingerprint density at radius 2 is 2.05 bits per heavy atom. The highest BCUT2D eigenvalue weighted by Gasteiger charge is 2.19. The van der Waals surface area contributed by atoms with E-state index >= 15 is 0 Å². The highest BCUT2D eigenvalue weighted by atomic mass is 35.5. The maximum absolute atomic E-state index is 12.4. The molecule has 21 heavy (non-hydrogen) atoms. The SMILES string of the molecule is CNc1ccncc1S(=O)(=O)Nc1ccc(Cl)c(OC)c1. The number of anilines is 2. The van der Waals surface area contributed by atoms with Gasteiger partial charge in [-0.15, -0.1) is 0 Å². The van der Waals surface area contributed by atoms with Crippen molar-refractivity contribution in [1.29, 1.82) is 0 Å². The molecule has 2 rings (SSSR count). The Morgan fingerprint density at radius 3 is 2.71 bits per heavy atom. The summed E-state index contributed by atoms with van der Waals surface area (Å²) in [6.45, 7) is 0. The van der Waals surface area contributed by atoms with Crippen LogP contribution in [0.5, 0.6) is 5.75 Å². The smallest absolute Gasteiger partial charge is 0.265 e. The molecule has 0 atom stereocenters. The van der Waals surface area contributed by atoms with E-state index in [1.807, 2.05) is 0 Å². The van der Waals surface area contributed by atoms with Crippen LogP contribution < -0.4 is 14.8 Å². The predicted molar refractivity (Wildman–Crippen MR) is 82.6 cm³/mol. The molecule has 1 aromatic carbocycles. The zero-order valence-electron chi connectivity index (χ0n) is 11.4. The molecule has 0 amide bonds. The Labute approximate surface area is 128 Å². The number of hydrogen-bond acceptors (Lipinski definition) is 5. The number of ether oxygens (including phenoxy) is 1. The van der Waals surface area contributed by atoms with Crippen molar-refractivity contribution in [2.24, 2.45) is 0 Å². The number of aromatic nitrogens is 1. The van der Waals surface area contributed by atoms with Gasteiger partial charge in [0, 0.05) is 25.5 Å². The maximum Gasteiger partial charge on any atom is 0.265 e. The summed E-state index contributed by atoms with van der Waals surface area (Å²) < 4.78 is 32.3. The van der Waals surface area contributed by atoms with Crippen LogP contribution in [0.3, 0.4) is 0 Å². The summed E-state index contributed by atoms with van der Waals surface area (Å²) in [4.78, 5) is 3.90. The Kier molecular flexibility index (Phi) is 4.54. The van der Waals surface area contributed by atoms with Crippen LogP contribution >= 0.6 is 11.6 Å². The number of hydrogen-bond donors (Lipinski definition) is 2. The van der Waals surface area contributed by atoms with Gasteiger partial charge in [0.25, 0.3) is 10.0 Å². The number of benzene rings is 1. The van der Waals surface area contributed by atoms with E-state index in [0.29, 0.717) is 22.1 Å². The summed E-state index contributed by atoms with van der Waals surface area (Å²) >= 11 is 5.91. The summed E-state index contributed by atoms with van der Waals surface area (Å²) in [5.74, 6) is 0.386. The van der Waals surface area contributed by atoms with Crippen molar-refractivity contribution in [3.63, 3.8) is 0 Å². The number of sulfonamides is 1. The third-order valence-electron chi connectivity index (χ3n) is 2.75. The van der Waals surface area contributed by atoms with E-state index in [0.717, 1.165) is 0 Å². The van der Waals surface area contributed by atoms with Gasteiger partial charge < -0.3 is 10.1 Å². The van der Waals surface area contributed by atoms with Crippen LogP contribution in [0, 0.1) is 0 Å². The fourth-order valence-corrected chi connectivity index (χ4v) is 3.14. The molecule has 0 unspecified atom stereocenters. The van der Waals surface area contributed by atoms with Gasteiger partial charge in [0.15, 0.2) is 0 Å². The molecule has 0 aliphatic heterocycles. The average molecular weight is 328 g/mol. The normalized spacial score (nSPS) is 11.0. The second-order valence-electron chi connectivity index (χ2n) is 4.08. The predicted octanol–water partition coefficient (Wildman–Crippen LogP) is 2.59. The third kappa shape index (κ3) is 3.37. The summed E-state index contributed by atoms with van der Waals surface area (Å²) in [5, 5.41) is 3.21. The van der Waals surface area contributed by atoms with E-state index < -0.39 is 10.0 Å². The summed E-state index contributed by atoms with van der Waals surface area (Å²) in [6.07, 6.45) is 2.79. The van der Waals surface area contributed by atoms with E-state index in [-0.39, 0.29) is 4.90 Å². The van der Waals surface area contributed by atoms with E-state index in [1.165, 1.54) is 25.6 Å². The molecular weight excluding hydrogens is 314 g/mol. The minimum atomic E-state index is -3.77. The van der Waals surface area contributed by atoms with Gasteiger partial charge in [0.05, 0.1) is 23.5 Å². The molecule has 0 spiro atoms. The molecule has 2 aromatic rings. The molecule has 0 aliphatic carbocycles. The minimum Gasteiger partial charge on any atom is -0.495 e. The second kappa shape index (κ2) is 6.19. The lowest BCUT2D eigenvalue weighted by Crippen LogP contribution is -2.15. The van der Waals surface area contributed by atoms with Crippen LogP contribution in [-0.4, -0.2) is 27.6 Å². The van der Waals surface area contributed by atoms with E-state index in [9.17, 15) is 8.42 Å². The van der Waals surface area contributed by atoms with Crippen LogP contribution in [0.25, 0.3) is 0 Å². The number of nitrogens with zero attached hydrogens (tertiary/aromatic N) is 1. The molecule has 0 saturated heterocycles. The summed E-state index contributed by atoms with van der Waals surface area (Å²) in [5.41, 5.74) is 0.806. The maximum atomic E-state index is 12.4. The third-order valence-corrected chi connectivity index (χ3v) is 4.47. The molecule has 0 bridgehead atoms. The van der Waals surface area contributed by atoms with Gasteiger partial charge >= 0.3 is 0 Å². The molecule has 0 saturated carbocycles. The Morgan fingerprint density at radius 1 is 1.29 bits per heavy atom. The van der Waals surface area contributed by atoms with E-state index in [4.69, 9.17) is 16.3 Å². The first-order valence-corrected chi connectivity index (χ1v) is 7.82. The monoisotopic (exact) mass is 327 g/mol. The van der Waals surface area contributed by atoms with Crippen LogP contribution in [0.1, 0.15) is 0 Å². The highest BCUT2D eigenvalue weighted by molar-refractivity contribution is 7.92. The van der Waals surface area contributed by atoms with Crippen molar-refractivity contribution in [3.8, 4) is 5.75 Å². The highest BCUT2D eigenvalue weighted by Crippen LogP contribution is 2.29. The fourth-order valence-electron chi connectivity index (χ4n) is 1.73. The lowest BCUT2D eigenvalue weighted by Gasteiger charge is -2.12. The number of methoxy groups -OCH3 is 1. The standard InChI is InChI=1S/C13H14ClN3O3S/c1-15-11-5-6-16-8-13(11)21(18,19)17-9-3-4-10(14)12(7-9)20-2/h3-8,17H,1-2H3,(H,15,16). The molecule has 2 N–H and O–H groups in total. The van der Waals surface area contributed by atoms with Gasteiger partial charge in [-0.2, -0.15) is 0 Å². The Bertz CT molecular complexity index is 750. The van der Waals surface area contributed by atoms with Crippen LogP contribution in [0.2, 0.25) is 5.02 Å². The van der Waals surface area contributed by atoms with E-state index in [2.05, 4.69) is 15.0 Å². The molecule has 6 nitrogen and oxygen atoms in total. The summed E-state index contributed by atoms with van der Waals surface area (Å²) in [6, 6.07) is 6.20. The Hall–Kier alpha value is -1.99. The van der Waals surface area contributed by atoms with Gasteiger partial charge in [-0.3, -0.25) is 9.71 Å². The van der Waals surface area contributed by atoms with Crippen molar-refractivity contribution in [1.82, 2.24) is 4.98 Å². The number of nitrogens with one attached hydrogen (secondary N) is 2. The van der Waals surface area contributed by atoms with E-state index in [1.54, 1.807) is 25.2 Å². The molecule has 0 radical (unpaired) electrons. The number of pyridine rings is 1. The van der Waals surface area contributed by atoms with Gasteiger partial charge in [-0.25, -0.2) is 8.42 Å². The molecule has 0 fully saturated rings. The topological polar surface area (TPSA) is 80.3 Å². The second-order valence-corrected chi connectivity index (χ2v) is 6.13. The first-order chi connectivity index (χ1) is 9.97. The first kappa shape index (κ1) is 15.4. The lowest BCUT2D eigenvalue weighted by atomic mass is 10.3.